The lowest BCUT2D eigenvalue weighted by Crippen LogP contribution is -2.46. The molecule has 1 N–H and O–H groups in total. The summed E-state index contributed by atoms with van der Waals surface area (Å²) in [6.45, 7) is 5.81. The summed E-state index contributed by atoms with van der Waals surface area (Å²) >= 11 is 0. The molecule has 1 heterocycles. The van der Waals surface area contributed by atoms with Crippen LogP contribution in [0, 0.1) is 0 Å². The second-order valence-electron chi connectivity index (χ2n) is 3.23. The first-order chi connectivity index (χ1) is 5.84. The number of hydrogen-bond acceptors (Lipinski definition) is 2. The van der Waals surface area contributed by atoms with Gasteiger partial charge in [-0.25, -0.2) is 0 Å². The standard InChI is InChI=1S/C9H18N2O.CH4/c1-2-3-4-9(12)11-7-5-10-6-8-11;/h10H,2-8H2,1H3;1H4. The summed E-state index contributed by atoms with van der Waals surface area (Å²) in [7, 11) is 0. The highest BCUT2D eigenvalue weighted by Crippen LogP contribution is 2.01. The number of rotatable bonds is 3. The fourth-order valence-corrected chi connectivity index (χ4v) is 1.40. The molecule has 0 aromatic carbocycles. The smallest absolute Gasteiger partial charge is 0.222 e. The number of nitrogens with zero attached hydrogens (tertiary/aromatic N) is 1. The van der Waals surface area contributed by atoms with E-state index >= 15 is 0 Å². The van der Waals surface area contributed by atoms with Gasteiger partial charge in [0, 0.05) is 32.6 Å². The van der Waals surface area contributed by atoms with E-state index in [9.17, 15) is 4.79 Å². The van der Waals surface area contributed by atoms with Gasteiger partial charge in [0.25, 0.3) is 0 Å². The van der Waals surface area contributed by atoms with Gasteiger partial charge in [0.1, 0.15) is 0 Å². The minimum atomic E-state index is 0. The summed E-state index contributed by atoms with van der Waals surface area (Å²) in [6.07, 6.45) is 2.87. The second-order valence-corrected chi connectivity index (χ2v) is 3.23. The molecule has 1 aliphatic heterocycles. The van der Waals surface area contributed by atoms with Crippen LogP contribution in [-0.2, 0) is 4.79 Å². The van der Waals surface area contributed by atoms with Crippen LogP contribution < -0.4 is 5.32 Å². The van der Waals surface area contributed by atoms with Crippen molar-refractivity contribution >= 4 is 5.91 Å². The van der Waals surface area contributed by atoms with Crippen LogP contribution >= 0.6 is 0 Å². The maximum absolute atomic E-state index is 11.5. The van der Waals surface area contributed by atoms with Gasteiger partial charge in [0.15, 0.2) is 0 Å². The van der Waals surface area contributed by atoms with E-state index in [0.29, 0.717) is 5.91 Å². The normalized spacial score (nSPS) is 16.5. The third-order valence-corrected chi connectivity index (χ3v) is 2.21. The fourth-order valence-electron chi connectivity index (χ4n) is 1.40. The first kappa shape index (κ1) is 12.4. The molecule has 0 unspecified atom stereocenters. The zero-order valence-corrected chi connectivity index (χ0v) is 7.81. The molecule has 0 aromatic heterocycles. The molecule has 0 bridgehead atoms. The van der Waals surface area contributed by atoms with Gasteiger partial charge in [-0.15, -0.1) is 0 Å². The van der Waals surface area contributed by atoms with Gasteiger partial charge in [-0.3, -0.25) is 4.79 Å². The van der Waals surface area contributed by atoms with Crippen molar-refractivity contribution in [2.45, 2.75) is 33.6 Å². The Morgan fingerprint density at radius 1 is 1.38 bits per heavy atom. The van der Waals surface area contributed by atoms with Crippen molar-refractivity contribution in [2.24, 2.45) is 0 Å². The van der Waals surface area contributed by atoms with Crippen LogP contribution in [0.25, 0.3) is 0 Å². The molecule has 78 valence electrons. The lowest BCUT2D eigenvalue weighted by atomic mass is 10.2. The topological polar surface area (TPSA) is 32.3 Å². The van der Waals surface area contributed by atoms with Crippen LogP contribution in [0.2, 0.25) is 0 Å². The Labute approximate surface area is 81.5 Å². The summed E-state index contributed by atoms with van der Waals surface area (Å²) in [5.41, 5.74) is 0. The third-order valence-electron chi connectivity index (χ3n) is 2.21. The van der Waals surface area contributed by atoms with Gasteiger partial charge in [-0.1, -0.05) is 20.8 Å². The molecular weight excluding hydrogens is 164 g/mol. The van der Waals surface area contributed by atoms with E-state index < -0.39 is 0 Å². The van der Waals surface area contributed by atoms with Crippen molar-refractivity contribution < 1.29 is 4.79 Å². The molecule has 1 aliphatic rings. The number of amides is 1. The molecule has 0 aliphatic carbocycles. The van der Waals surface area contributed by atoms with E-state index in [1.165, 1.54) is 0 Å². The van der Waals surface area contributed by atoms with Crippen LogP contribution in [0.5, 0.6) is 0 Å². The van der Waals surface area contributed by atoms with E-state index in [2.05, 4.69) is 12.2 Å². The zero-order chi connectivity index (χ0) is 8.81. The van der Waals surface area contributed by atoms with Gasteiger partial charge < -0.3 is 10.2 Å². The predicted molar refractivity (Wildman–Crippen MR) is 55.7 cm³/mol. The number of carbonyl (C=O) groups excluding carboxylic acids is 1. The maximum Gasteiger partial charge on any atom is 0.222 e. The molecule has 3 heteroatoms. The van der Waals surface area contributed by atoms with E-state index in [-0.39, 0.29) is 7.43 Å². The number of carbonyl (C=O) groups is 1. The number of piperazine rings is 1. The van der Waals surface area contributed by atoms with Gasteiger partial charge in [0.05, 0.1) is 0 Å². The van der Waals surface area contributed by atoms with Crippen LogP contribution in [0.3, 0.4) is 0 Å². The van der Waals surface area contributed by atoms with Crippen molar-refractivity contribution in [1.29, 1.82) is 0 Å². The van der Waals surface area contributed by atoms with E-state index in [1.807, 2.05) is 4.90 Å². The first-order valence-electron chi connectivity index (χ1n) is 4.83. The zero-order valence-electron chi connectivity index (χ0n) is 7.81. The van der Waals surface area contributed by atoms with Crippen molar-refractivity contribution in [3.63, 3.8) is 0 Å². The maximum atomic E-state index is 11.5. The molecule has 0 radical (unpaired) electrons. The average molecular weight is 186 g/mol. The van der Waals surface area contributed by atoms with Crippen LogP contribution in [0.4, 0.5) is 0 Å². The first-order valence-corrected chi connectivity index (χ1v) is 4.83. The lowest BCUT2D eigenvalue weighted by Gasteiger charge is -2.27. The number of nitrogens with one attached hydrogen (secondary N) is 1. The Balaban J connectivity index is 0.00000144. The van der Waals surface area contributed by atoms with Gasteiger partial charge >= 0.3 is 0 Å². The van der Waals surface area contributed by atoms with Crippen LogP contribution in [-0.4, -0.2) is 37.0 Å². The van der Waals surface area contributed by atoms with Crippen LogP contribution in [0.1, 0.15) is 33.6 Å². The highest BCUT2D eigenvalue weighted by molar-refractivity contribution is 5.76. The predicted octanol–water partition coefficient (Wildman–Crippen LogP) is 1.24. The van der Waals surface area contributed by atoms with Crippen molar-refractivity contribution in [3.05, 3.63) is 0 Å². The van der Waals surface area contributed by atoms with Crippen LogP contribution in [0.15, 0.2) is 0 Å². The molecule has 1 rings (SSSR count). The lowest BCUT2D eigenvalue weighted by molar-refractivity contribution is -0.131. The van der Waals surface area contributed by atoms with Gasteiger partial charge in [-0.2, -0.15) is 0 Å². The molecule has 13 heavy (non-hydrogen) atoms. The number of unbranched alkanes of at least 4 members (excludes halogenated alkanes) is 1. The minimum Gasteiger partial charge on any atom is -0.340 e. The minimum absolute atomic E-state index is 0. The van der Waals surface area contributed by atoms with Crippen molar-refractivity contribution in [1.82, 2.24) is 10.2 Å². The summed E-state index contributed by atoms with van der Waals surface area (Å²) in [5, 5.41) is 3.23. The summed E-state index contributed by atoms with van der Waals surface area (Å²) in [6, 6.07) is 0. The molecule has 1 fully saturated rings. The van der Waals surface area contributed by atoms with Gasteiger partial charge in [-0.05, 0) is 6.42 Å². The Morgan fingerprint density at radius 2 is 2.00 bits per heavy atom. The highest BCUT2D eigenvalue weighted by atomic mass is 16.2. The molecule has 0 atom stereocenters. The Kier molecular flexibility index (Phi) is 6.59. The van der Waals surface area contributed by atoms with E-state index in [4.69, 9.17) is 0 Å². The van der Waals surface area contributed by atoms with E-state index in [0.717, 1.165) is 45.4 Å². The van der Waals surface area contributed by atoms with Crippen molar-refractivity contribution in [2.75, 3.05) is 26.2 Å². The molecule has 1 amide bonds. The summed E-state index contributed by atoms with van der Waals surface area (Å²) < 4.78 is 0. The third kappa shape index (κ3) is 4.27. The second kappa shape index (κ2) is 6.89. The molecular formula is C10H22N2O. The average Bonchev–Trinajstić information content (AvgIpc) is 2.15. The fraction of sp³-hybridized carbons (Fsp3) is 0.900. The molecule has 3 nitrogen and oxygen atoms in total. The van der Waals surface area contributed by atoms with Gasteiger partial charge in [0.2, 0.25) is 5.91 Å². The monoisotopic (exact) mass is 186 g/mol. The quantitative estimate of drug-likeness (QED) is 0.719. The molecule has 0 spiro atoms. The Morgan fingerprint density at radius 3 is 2.54 bits per heavy atom. The summed E-state index contributed by atoms with van der Waals surface area (Å²) in [4.78, 5) is 13.4. The molecule has 1 saturated heterocycles. The number of hydrogen-bond donors (Lipinski definition) is 1. The van der Waals surface area contributed by atoms with E-state index in [1.54, 1.807) is 0 Å². The SMILES string of the molecule is C.CCCCC(=O)N1CCNCC1. The Hall–Kier alpha value is -0.570. The highest BCUT2D eigenvalue weighted by Gasteiger charge is 2.14. The largest absolute Gasteiger partial charge is 0.340 e. The molecule has 0 saturated carbocycles. The summed E-state index contributed by atoms with van der Waals surface area (Å²) in [5.74, 6) is 0.332. The molecule has 0 aromatic rings. The Bertz CT molecular complexity index is 142. The van der Waals surface area contributed by atoms with Crippen molar-refractivity contribution in [3.8, 4) is 0 Å².